The number of hydrogen-bond donors (Lipinski definition) is 1. The summed E-state index contributed by atoms with van der Waals surface area (Å²) in [6.07, 6.45) is 0. The molecule has 1 atom stereocenters. The van der Waals surface area contributed by atoms with Crippen LogP contribution in [0.3, 0.4) is 0 Å². The van der Waals surface area contributed by atoms with Gasteiger partial charge < -0.3 is 9.47 Å². The van der Waals surface area contributed by atoms with Gasteiger partial charge >= 0.3 is 0 Å². The molecular weight excluding hydrogens is 268 g/mol. The third kappa shape index (κ3) is 5.45. The number of nitrogens with zero attached hydrogens (tertiary/aromatic N) is 1. The molecule has 0 aliphatic heterocycles. The zero-order chi connectivity index (χ0) is 15.8. The molecule has 21 heavy (non-hydrogen) atoms. The first-order chi connectivity index (χ1) is 9.97. The van der Waals surface area contributed by atoms with Crippen LogP contribution in [0.15, 0.2) is 29.3 Å². The molecule has 0 fully saturated rings. The normalized spacial score (nSPS) is 13.0. The molecule has 1 unspecified atom stereocenters. The van der Waals surface area contributed by atoms with Crippen molar-refractivity contribution in [2.45, 2.75) is 33.7 Å². The molecule has 0 bridgehead atoms. The van der Waals surface area contributed by atoms with E-state index in [1.165, 1.54) is 0 Å². The molecule has 1 aromatic rings. The van der Waals surface area contributed by atoms with Crippen LogP contribution in [-0.4, -0.2) is 31.7 Å². The second kappa shape index (κ2) is 8.29. The number of benzene rings is 1. The first-order valence-corrected chi connectivity index (χ1v) is 7.13. The number of methoxy groups -OCH3 is 1. The maximum atomic E-state index is 12.2. The summed E-state index contributed by atoms with van der Waals surface area (Å²) in [6, 6.07) is 7.26. The average molecular weight is 292 g/mol. The molecule has 0 aliphatic rings. The van der Waals surface area contributed by atoms with E-state index in [0.29, 0.717) is 23.8 Å². The number of aliphatic imine (C=N–C) groups is 1. The van der Waals surface area contributed by atoms with E-state index in [-0.39, 0.29) is 18.0 Å². The van der Waals surface area contributed by atoms with Gasteiger partial charge in [0.2, 0.25) is 0 Å². The molecule has 1 N–H and O–H groups in total. The molecule has 1 amide bonds. The van der Waals surface area contributed by atoms with Crippen LogP contribution < -0.4 is 10.1 Å². The Morgan fingerprint density at radius 3 is 2.62 bits per heavy atom. The summed E-state index contributed by atoms with van der Waals surface area (Å²) in [5, 5.41) is 2.70. The van der Waals surface area contributed by atoms with Crippen molar-refractivity contribution in [1.82, 2.24) is 5.32 Å². The van der Waals surface area contributed by atoms with E-state index in [1.54, 1.807) is 31.4 Å². The van der Waals surface area contributed by atoms with Gasteiger partial charge in [-0.25, -0.2) is 4.99 Å². The Morgan fingerprint density at radius 2 is 2.05 bits per heavy atom. The SMILES string of the molecule is CCOC(=NC(C)C(C)C)NC(=O)c1cccc(OC)c1. The minimum absolute atomic E-state index is 0.0668. The van der Waals surface area contributed by atoms with E-state index in [2.05, 4.69) is 24.2 Å². The van der Waals surface area contributed by atoms with E-state index in [1.807, 2.05) is 13.8 Å². The molecule has 0 saturated carbocycles. The van der Waals surface area contributed by atoms with Gasteiger partial charge in [-0.1, -0.05) is 19.9 Å². The van der Waals surface area contributed by atoms with E-state index in [0.717, 1.165) is 0 Å². The number of amides is 1. The lowest BCUT2D eigenvalue weighted by Gasteiger charge is -2.14. The maximum absolute atomic E-state index is 12.2. The maximum Gasteiger partial charge on any atom is 0.291 e. The summed E-state index contributed by atoms with van der Waals surface area (Å²) in [6.45, 7) is 8.43. The summed E-state index contributed by atoms with van der Waals surface area (Å²) in [4.78, 5) is 16.6. The van der Waals surface area contributed by atoms with Crippen molar-refractivity contribution >= 4 is 11.9 Å². The topological polar surface area (TPSA) is 59.9 Å². The third-order valence-electron chi connectivity index (χ3n) is 3.12. The fraction of sp³-hybridized carbons (Fsp3) is 0.500. The Kier molecular flexibility index (Phi) is 6.72. The number of ether oxygens (including phenoxy) is 2. The fourth-order valence-corrected chi connectivity index (χ4v) is 1.51. The van der Waals surface area contributed by atoms with E-state index < -0.39 is 0 Å². The van der Waals surface area contributed by atoms with Crippen LogP contribution >= 0.6 is 0 Å². The number of carbonyl (C=O) groups is 1. The third-order valence-corrected chi connectivity index (χ3v) is 3.12. The highest BCUT2D eigenvalue weighted by atomic mass is 16.5. The molecule has 0 spiro atoms. The Bertz CT molecular complexity index is 498. The Balaban J connectivity index is 2.85. The molecular formula is C16H24N2O3. The first-order valence-electron chi connectivity index (χ1n) is 7.13. The van der Waals surface area contributed by atoms with Crippen molar-refractivity contribution in [2.24, 2.45) is 10.9 Å². The molecule has 116 valence electrons. The molecule has 0 radical (unpaired) electrons. The molecule has 0 heterocycles. The lowest BCUT2D eigenvalue weighted by atomic mass is 10.1. The second-order valence-corrected chi connectivity index (χ2v) is 5.04. The van der Waals surface area contributed by atoms with Crippen molar-refractivity contribution in [1.29, 1.82) is 0 Å². The Morgan fingerprint density at radius 1 is 1.33 bits per heavy atom. The lowest BCUT2D eigenvalue weighted by Crippen LogP contribution is -2.34. The predicted molar refractivity (Wildman–Crippen MR) is 83.8 cm³/mol. The highest BCUT2D eigenvalue weighted by Gasteiger charge is 2.13. The number of nitrogens with one attached hydrogen (secondary N) is 1. The second-order valence-electron chi connectivity index (χ2n) is 5.04. The summed E-state index contributed by atoms with van der Waals surface area (Å²) >= 11 is 0. The van der Waals surface area contributed by atoms with Crippen molar-refractivity contribution in [3.63, 3.8) is 0 Å². The van der Waals surface area contributed by atoms with Crippen LogP contribution in [0.4, 0.5) is 0 Å². The van der Waals surface area contributed by atoms with Crippen molar-refractivity contribution < 1.29 is 14.3 Å². The summed E-state index contributed by atoms with van der Waals surface area (Å²) in [5.74, 6) is 0.735. The van der Waals surface area contributed by atoms with Gasteiger partial charge in [-0.2, -0.15) is 0 Å². The van der Waals surface area contributed by atoms with Crippen LogP contribution in [-0.2, 0) is 4.74 Å². The minimum Gasteiger partial charge on any atom is -0.497 e. The van der Waals surface area contributed by atoms with Crippen molar-refractivity contribution in [3.8, 4) is 5.75 Å². The number of amidine groups is 1. The van der Waals surface area contributed by atoms with Crippen LogP contribution in [0.25, 0.3) is 0 Å². The van der Waals surface area contributed by atoms with Crippen molar-refractivity contribution in [3.05, 3.63) is 29.8 Å². The van der Waals surface area contributed by atoms with E-state index >= 15 is 0 Å². The monoisotopic (exact) mass is 292 g/mol. The van der Waals surface area contributed by atoms with E-state index in [4.69, 9.17) is 9.47 Å². The van der Waals surface area contributed by atoms with Gasteiger partial charge in [0, 0.05) is 5.56 Å². The molecule has 5 nitrogen and oxygen atoms in total. The highest BCUT2D eigenvalue weighted by Crippen LogP contribution is 2.12. The van der Waals surface area contributed by atoms with Gasteiger partial charge in [0.15, 0.2) is 0 Å². The van der Waals surface area contributed by atoms with Crippen LogP contribution in [0.1, 0.15) is 38.1 Å². The average Bonchev–Trinajstić information content (AvgIpc) is 2.47. The van der Waals surface area contributed by atoms with E-state index in [9.17, 15) is 4.79 Å². The molecule has 1 aromatic carbocycles. The zero-order valence-electron chi connectivity index (χ0n) is 13.3. The molecule has 1 rings (SSSR count). The minimum atomic E-state index is -0.267. The number of rotatable bonds is 5. The van der Waals surface area contributed by atoms with Crippen LogP contribution in [0, 0.1) is 5.92 Å². The first kappa shape index (κ1) is 17.0. The van der Waals surface area contributed by atoms with Crippen molar-refractivity contribution in [2.75, 3.05) is 13.7 Å². The largest absolute Gasteiger partial charge is 0.497 e. The molecule has 0 saturated heterocycles. The summed E-state index contributed by atoms with van der Waals surface area (Å²) in [5.41, 5.74) is 0.499. The van der Waals surface area contributed by atoms with Gasteiger partial charge in [-0.15, -0.1) is 0 Å². The van der Waals surface area contributed by atoms with Gasteiger partial charge in [-0.05, 0) is 38.0 Å². The standard InChI is InChI=1S/C16H24N2O3/c1-6-21-16(17-12(4)11(2)3)18-15(19)13-8-7-9-14(10-13)20-5/h7-12H,6H2,1-5H3,(H,17,18,19). The Hall–Kier alpha value is -2.04. The van der Waals surface area contributed by atoms with Crippen LogP contribution in [0.2, 0.25) is 0 Å². The molecule has 0 aromatic heterocycles. The summed E-state index contributed by atoms with van der Waals surface area (Å²) in [7, 11) is 1.56. The van der Waals surface area contributed by atoms with Crippen LogP contribution in [0.5, 0.6) is 5.75 Å². The highest BCUT2D eigenvalue weighted by molar-refractivity contribution is 6.04. The van der Waals surface area contributed by atoms with Gasteiger partial charge in [-0.3, -0.25) is 10.1 Å². The van der Waals surface area contributed by atoms with Gasteiger partial charge in [0.25, 0.3) is 11.9 Å². The number of carbonyl (C=O) groups excluding carboxylic acids is 1. The zero-order valence-corrected chi connectivity index (χ0v) is 13.3. The summed E-state index contributed by atoms with van der Waals surface area (Å²) < 4.78 is 10.5. The van der Waals surface area contributed by atoms with Gasteiger partial charge in [0.05, 0.1) is 19.8 Å². The predicted octanol–water partition coefficient (Wildman–Crippen LogP) is 2.86. The lowest BCUT2D eigenvalue weighted by molar-refractivity contribution is 0.0965. The Labute approximate surface area is 126 Å². The molecule has 5 heteroatoms. The molecule has 0 aliphatic carbocycles. The van der Waals surface area contributed by atoms with Gasteiger partial charge in [0.1, 0.15) is 5.75 Å². The smallest absolute Gasteiger partial charge is 0.291 e. The number of hydrogen-bond acceptors (Lipinski definition) is 4. The quantitative estimate of drug-likeness (QED) is 0.670. The fourth-order valence-electron chi connectivity index (χ4n) is 1.51.